The van der Waals surface area contributed by atoms with Crippen LogP contribution >= 0.6 is 0 Å². The molecule has 0 unspecified atom stereocenters. The summed E-state index contributed by atoms with van der Waals surface area (Å²) in [6, 6.07) is 3.83. The van der Waals surface area contributed by atoms with Gasteiger partial charge in [-0.2, -0.15) is 0 Å². The molecule has 1 aromatic rings. The van der Waals surface area contributed by atoms with E-state index in [-0.39, 0.29) is 7.53 Å². The van der Waals surface area contributed by atoms with Crippen LogP contribution in [0.15, 0.2) is 31.5 Å². The number of nitrogens with zero attached hydrogens (tertiary/aromatic N) is 1. The maximum atomic E-state index is 5.41. The van der Waals surface area contributed by atoms with E-state index in [0.717, 1.165) is 5.56 Å². The van der Waals surface area contributed by atoms with E-state index in [9.17, 15) is 0 Å². The third kappa shape index (κ3) is 4.62. The molecule has 0 aromatic carbocycles. The molecule has 0 fully saturated rings. The van der Waals surface area contributed by atoms with Gasteiger partial charge in [0, 0.05) is 20.2 Å². The van der Waals surface area contributed by atoms with Gasteiger partial charge in [-0.25, -0.2) is 4.98 Å². The largest absolute Gasteiger partial charge is 0.473 e. The lowest BCUT2D eigenvalue weighted by Gasteiger charge is -2.10. The first-order chi connectivity index (χ1) is 6.72. The van der Waals surface area contributed by atoms with Gasteiger partial charge >= 0.3 is 0 Å². The van der Waals surface area contributed by atoms with Gasteiger partial charge in [-0.3, -0.25) is 0 Å². The van der Waals surface area contributed by atoms with Crippen molar-refractivity contribution in [1.29, 1.82) is 0 Å². The topological polar surface area (TPSA) is 48.1 Å². The molecular weight excluding hydrogens is 176 g/mol. The molecule has 1 heterocycles. The van der Waals surface area contributed by atoms with Crippen molar-refractivity contribution in [2.24, 2.45) is 5.73 Å². The fourth-order valence-electron chi connectivity index (χ4n) is 0.827. The predicted octanol–water partition coefficient (Wildman–Crippen LogP) is 2.16. The molecule has 1 atom stereocenters. The summed E-state index contributed by atoms with van der Waals surface area (Å²) < 4.78 is 5.41. The smallest absolute Gasteiger partial charge is 0.213 e. The fourth-order valence-corrected chi connectivity index (χ4v) is 0.827. The Balaban J connectivity index is 0. The molecule has 0 aliphatic rings. The standard InChI is InChI=1S/C9H14N2O.C2H4.H2/c1-7-3-4-11-9(5-7)12-8(2)6-10;1-2;/h3-5,8H,6,10H2,1-2H3;1-2H2;1H/t8-;;/m1../s1. The Hall–Kier alpha value is -1.35. The molecule has 14 heavy (non-hydrogen) atoms. The minimum atomic E-state index is 0. The van der Waals surface area contributed by atoms with Gasteiger partial charge in [0.15, 0.2) is 0 Å². The van der Waals surface area contributed by atoms with Gasteiger partial charge in [-0.15, -0.1) is 13.2 Å². The van der Waals surface area contributed by atoms with E-state index >= 15 is 0 Å². The number of hydrogen-bond donors (Lipinski definition) is 1. The molecule has 0 radical (unpaired) electrons. The van der Waals surface area contributed by atoms with Gasteiger partial charge in [-0.1, -0.05) is 0 Å². The highest BCUT2D eigenvalue weighted by atomic mass is 16.5. The lowest BCUT2D eigenvalue weighted by Crippen LogP contribution is -2.23. The minimum absolute atomic E-state index is 0. The number of aryl methyl sites for hydroxylation is 1. The molecule has 3 heteroatoms. The quantitative estimate of drug-likeness (QED) is 0.754. The Kier molecular flexibility index (Phi) is 6.41. The third-order valence-corrected chi connectivity index (χ3v) is 1.54. The monoisotopic (exact) mass is 196 g/mol. The molecule has 1 aromatic heterocycles. The lowest BCUT2D eigenvalue weighted by molar-refractivity contribution is 0.220. The van der Waals surface area contributed by atoms with Crippen LogP contribution < -0.4 is 10.5 Å². The van der Waals surface area contributed by atoms with Crippen LogP contribution in [0.5, 0.6) is 5.88 Å². The Bertz CT molecular complexity index is 269. The van der Waals surface area contributed by atoms with Crippen molar-refractivity contribution >= 4 is 0 Å². The fraction of sp³-hybridized carbons (Fsp3) is 0.364. The van der Waals surface area contributed by atoms with Crippen molar-refractivity contribution in [3.63, 3.8) is 0 Å². The van der Waals surface area contributed by atoms with Gasteiger partial charge in [-0.05, 0) is 25.5 Å². The number of hydrogen-bond acceptors (Lipinski definition) is 3. The Morgan fingerprint density at radius 1 is 1.64 bits per heavy atom. The summed E-state index contributed by atoms with van der Waals surface area (Å²) >= 11 is 0. The molecule has 2 N–H and O–H groups in total. The summed E-state index contributed by atoms with van der Waals surface area (Å²) in [5, 5.41) is 0. The zero-order valence-corrected chi connectivity index (χ0v) is 8.86. The average molecular weight is 196 g/mol. The van der Waals surface area contributed by atoms with E-state index in [1.165, 1.54) is 0 Å². The summed E-state index contributed by atoms with van der Waals surface area (Å²) in [6.07, 6.45) is 1.76. The van der Waals surface area contributed by atoms with Crippen LogP contribution in [0.2, 0.25) is 0 Å². The molecule has 0 spiro atoms. The Labute approximate surface area is 87.1 Å². The predicted molar refractivity (Wildman–Crippen MR) is 61.5 cm³/mol. The molecule has 3 nitrogen and oxygen atoms in total. The summed E-state index contributed by atoms with van der Waals surface area (Å²) in [7, 11) is 0. The van der Waals surface area contributed by atoms with Crippen LogP contribution in [0, 0.1) is 6.92 Å². The second kappa shape index (κ2) is 7.09. The van der Waals surface area contributed by atoms with Gasteiger partial charge in [0.1, 0.15) is 6.10 Å². The van der Waals surface area contributed by atoms with Crippen LogP contribution in [0.3, 0.4) is 0 Å². The first kappa shape index (κ1) is 12.7. The molecule has 1 rings (SSSR count). The maximum Gasteiger partial charge on any atom is 0.213 e. The SMILES string of the molecule is C=C.Cc1ccnc(O[C@H](C)CN)c1.[HH]. The maximum absolute atomic E-state index is 5.41. The van der Waals surface area contributed by atoms with Crippen LogP contribution in [-0.2, 0) is 0 Å². The van der Waals surface area contributed by atoms with E-state index in [4.69, 9.17) is 10.5 Å². The number of nitrogens with two attached hydrogens (primary N) is 1. The van der Waals surface area contributed by atoms with Crippen molar-refractivity contribution in [3.8, 4) is 5.88 Å². The van der Waals surface area contributed by atoms with Crippen molar-refractivity contribution in [2.45, 2.75) is 20.0 Å². The zero-order valence-electron chi connectivity index (χ0n) is 8.86. The van der Waals surface area contributed by atoms with Crippen LogP contribution in [-0.4, -0.2) is 17.6 Å². The molecule has 0 amide bonds. The number of rotatable bonds is 3. The first-order valence-corrected chi connectivity index (χ1v) is 4.51. The Morgan fingerprint density at radius 3 is 2.79 bits per heavy atom. The van der Waals surface area contributed by atoms with Gasteiger partial charge < -0.3 is 10.5 Å². The molecule has 0 saturated heterocycles. The second-order valence-electron chi connectivity index (χ2n) is 2.84. The van der Waals surface area contributed by atoms with Crippen LogP contribution in [0.4, 0.5) is 0 Å². The highest BCUT2D eigenvalue weighted by Gasteiger charge is 2.01. The van der Waals surface area contributed by atoms with Crippen molar-refractivity contribution < 1.29 is 6.16 Å². The van der Waals surface area contributed by atoms with Gasteiger partial charge in [0.2, 0.25) is 5.88 Å². The summed E-state index contributed by atoms with van der Waals surface area (Å²) in [5.74, 6) is 0.646. The molecule has 0 bridgehead atoms. The van der Waals surface area contributed by atoms with E-state index in [1.807, 2.05) is 26.0 Å². The zero-order chi connectivity index (χ0) is 11.0. The molecule has 0 aliphatic heterocycles. The molecule has 0 aliphatic carbocycles. The van der Waals surface area contributed by atoms with Crippen molar-refractivity contribution in [1.82, 2.24) is 4.98 Å². The van der Waals surface area contributed by atoms with E-state index in [0.29, 0.717) is 12.4 Å². The Morgan fingerprint density at radius 2 is 2.29 bits per heavy atom. The van der Waals surface area contributed by atoms with E-state index in [2.05, 4.69) is 18.1 Å². The van der Waals surface area contributed by atoms with Crippen molar-refractivity contribution in [3.05, 3.63) is 37.1 Å². The van der Waals surface area contributed by atoms with Crippen LogP contribution in [0.25, 0.3) is 0 Å². The average Bonchev–Trinajstić information content (AvgIpc) is 2.21. The number of ether oxygens (including phenoxy) is 1. The minimum Gasteiger partial charge on any atom is -0.473 e. The summed E-state index contributed by atoms with van der Waals surface area (Å²) in [4.78, 5) is 4.05. The number of pyridine rings is 1. The molecular formula is C11H20N2O. The number of aromatic nitrogens is 1. The van der Waals surface area contributed by atoms with Crippen molar-refractivity contribution in [2.75, 3.05) is 6.54 Å². The molecule has 80 valence electrons. The van der Waals surface area contributed by atoms with Gasteiger partial charge in [0.05, 0.1) is 0 Å². The van der Waals surface area contributed by atoms with Crippen LogP contribution in [0.1, 0.15) is 13.9 Å². The molecule has 0 saturated carbocycles. The van der Waals surface area contributed by atoms with Gasteiger partial charge in [0.25, 0.3) is 0 Å². The summed E-state index contributed by atoms with van der Waals surface area (Å²) in [5.41, 5.74) is 6.55. The second-order valence-corrected chi connectivity index (χ2v) is 2.84. The first-order valence-electron chi connectivity index (χ1n) is 4.51. The summed E-state index contributed by atoms with van der Waals surface area (Å²) in [6.45, 7) is 10.4. The normalized spacial score (nSPS) is 11.1. The highest BCUT2D eigenvalue weighted by molar-refractivity contribution is 5.18. The lowest BCUT2D eigenvalue weighted by atomic mass is 10.3. The van der Waals surface area contributed by atoms with E-state index in [1.54, 1.807) is 6.20 Å². The third-order valence-electron chi connectivity index (χ3n) is 1.54. The van der Waals surface area contributed by atoms with E-state index < -0.39 is 0 Å². The highest BCUT2D eigenvalue weighted by Crippen LogP contribution is 2.09.